The highest BCUT2D eigenvalue weighted by Crippen LogP contribution is 2.41. The Morgan fingerprint density at radius 1 is 1.14 bits per heavy atom. The van der Waals surface area contributed by atoms with Crippen LogP contribution >= 0.6 is 11.3 Å². The van der Waals surface area contributed by atoms with Crippen LogP contribution in [0.15, 0.2) is 72.3 Å². The predicted molar refractivity (Wildman–Crippen MR) is 174 cm³/mol. The Labute approximate surface area is 251 Å². The average molecular weight is 602 g/mol. The molecule has 6 rings (SSSR count). The van der Waals surface area contributed by atoms with Crippen LogP contribution < -0.4 is 16.1 Å². The van der Waals surface area contributed by atoms with E-state index in [9.17, 15) is 4.79 Å². The predicted octanol–water partition coefficient (Wildman–Crippen LogP) is 5.36. The van der Waals surface area contributed by atoms with Crippen molar-refractivity contribution in [2.45, 2.75) is 38.8 Å². The van der Waals surface area contributed by atoms with Gasteiger partial charge in [-0.2, -0.15) is 5.10 Å². The van der Waals surface area contributed by atoms with E-state index in [0.717, 1.165) is 46.2 Å². The molecule has 1 amide bonds. The number of hydrazine groups is 1. The minimum Gasteiger partial charge on any atom is -0.360 e. The summed E-state index contributed by atoms with van der Waals surface area (Å²) in [6, 6.07) is 16.3. The van der Waals surface area contributed by atoms with Crippen molar-refractivity contribution in [2.75, 3.05) is 38.3 Å². The second-order valence-electron chi connectivity index (χ2n) is 12.1. The molecule has 11 heteroatoms. The first-order valence-electron chi connectivity index (χ1n) is 14.4. The van der Waals surface area contributed by atoms with Gasteiger partial charge in [-0.25, -0.2) is 10.5 Å². The van der Waals surface area contributed by atoms with Gasteiger partial charge in [-0.15, -0.1) is 11.3 Å². The second-order valence-corrected chi connectivity index (χ2v) is 18.8. The van der Waals surface area contributed by atoms with E-state index >= 15 is 0 Å². The molecule has 3 N–H and O–H groups in total. The largest absolute Gasteiger partial charge is 0.360 e. The van der Waals surface area contributed by atoms with Crippen LogP contribution in [0.1, 0.15) is 6.42 Å². The zero-order valence-electron chi connectivity index (χ0n) is 24.8. The van der Waals surface area contributed by atoms with Crippen molar-refractivity contribution in [1.29, 1.82) is 0 Å². The van der Waals surface area contributed by atoms with Crippen LogP contribution in [0.4, 0.5) is 5.69 Å². The Kier molecular flexibility index (Phi) is 7.84. The van der Waals surface area contributed by atoms with Gasteiger partial charge in [0.2, 0.25) is 5.91 Å². The van der Waals surface area contributed by atoms with Crippen LogP contribution in [-0.4, -0.2) is 67.1 Å². The normalized spacial score (nSPS) is 15.4. The number of benzene rings is 2. The Balaban J connectivity index is 1.39. The molecule has 2 aliphatic heterocycles. The van der Waals surface area contributed by atoms with Crippen molar-refractivity contribution < 1.29 is 9.53 Å². The van der Waals surface area contributed by atoms with Crippen molar-refractivity contribution in [3.05, 3.63) is 72.3 Å². The summed E-state index contributed by atoms with van der Waals surface area (Å²) < 4.78 is 9.39. The lowest BCUT2D eigenvalue weighted by Crippen LogP contribution is -2.43. The first kappa shape index (κ1) is 28.5. The quantitative estimate of drug-likeness (QED) is 0.144. The van der Waals surface area contributed by atoms with E-state index < -0.39 is 8.07 Å². The Morgan fingerprint density at radius 3 is 2.76 bits per heavy atom. The zero-order chi connectivity index (χ0) is 29.4. The summed E-state index contributed by atoms with van der Waals surface area (Å²) in [7, 11) is 0.492. The van der Waals surface area contributed by atoms with Gasteiger partial charge in [0.1, 0.15) is 6.73 Å². The van der Waals surface area contributed by atoms with Crippen molar-refractivity contribution in [2.24, 2.45) is 5.84 Å². The van der Waals surface area contributed by atoms with Gasteiger partial charge < -0.3 is 24.9 Å². The summed E-state index contributed by atoms with van der Waals surface area (Å²) in [5, 5.41) is 11.6. The summed E-state index contributed by atoms with van der Waals surface area (Å²) in [5.41, 5.74) is 5.27. The maximum atomic E-state index is 12.1. The second kappa shape index (κ2) is 11.6. The van der Waals surface area contributed by atoms with Gasteiger partial charge in [0.15, 0.2) is 0 Å². The number of carbonyl (C=O) groups is 1. The molecule has 0 spiro atoms. The first-order valence-corrected chi connectivity index (χ1v) is 19.0. The molecule has 0 unspecified atom stereocenters. The number of ether oxygens (including phenoxy) is 1. The molecule has 42 heavy (non-hydrogen) atoms. The van der Waals surface area contributed by atoms with E-state index in [-0.39, 0.29) is 5.91 Å². The van der Waals surface area contributed by atoms with E-state index in [1.807, 2.05) is 10.9 Å². The topological polar surface area (TPSA) is 91.9 Å². The van der Waals surface area contributed by atoms with Crippen molar-refractivity contribution >= 4 is 52.0 Å². The number of anilines is 1. The molecule has 0 atom stereocenters. The molecule has 4 heterocycles. The minimum atomic E-state index is -1.18. The van der Waals surface area contributed by atoms with Gasteiger partial charge in [0.05, 0.1) is 36.3 Å². The SMILES string of the molecule is CNC(=O)CCN1CN(c2cc(-c3cc4ccccc4s3)c3c(cnn3COCC[Si](C)(C)C)c2)C=C2C1=CCN2N. The van der Waals surface area contributed by atoms with Crippen molar-refractivity contribution in [3.8, 4) is 10.4 Å². The van der Waals surface area contributed by atoms with Crippen LogP contribution in [0.25, 0.3) is 31.4 Å². The highest BCUT2D eigenvalue weighted by atomic mass is 32.1. The average Bonchev–Trinajstić information content (AvgIpc) is 3.69. The molecule has 2 aromatic heterocycles. The van der Waals surface area contributed by atoms with Gasteiger partial charge >= 0.3 is 0 Å². The van der Waals surface area contributed by atoms with Gasteiger partial charge in [-0.05, 0) is 41.8 Å². The molecule has 2 aliphatic rings. The zero-order valence-corrected chi connectivity index (χ0v) is 26.6. The molecule has 0 saturated carbocycles. The Bertz CT molecular complexity index is 1650. The number of nitrogens with one attached hydrogen (secondary N) is 1. The number of thiophene rings is 1. The molecule has 0 radical (unpaired) electrons. The molecular formula is C31H39N7O2SSi. The number of carbonyl (C=O) groups excluding carboxylic acids is 1. The number of hydrogen-bond donors (Lipinski definition) is 2. The molecule has 4 aromatic rings. The summed E-state index contributed by atoms with van der Waals surface area (Å²) >= 11 is 1.79. The highest BCUT2D eigenvalue weighted by molar-refractivity contribution is 7.22. The summed E-state index contributed by atoms with van der Waals surface area (Å²) in [4.78, 5) is 17.7. The van der Waals surface area contributed by atoms with Gasteiger partial charge in [0.25, 0.3) is 0 Å². The minimum absolute atomic E-state index is 0.0220. The fourth-order valence-electron chi connectivity index (χ4n) is 5.44. The van der Waals surface area contributed by atoms with Crippen LogP contribution in [0.2, 0.25) is 25.7 Å². The van der Waals surface area contributed by atoms with E-state index in [0.29, 0.717) is 32.9 Å². The number of amides is 1. The number of nitrogens with two attached hydrogens (primary N) is 1. The molecule has 0 aliphatic carbocycles. The fraction of sp³-hybridized carbons (Fsp3) is 0.355. The molecule has 2 aromatic carbocycles. The third-order valence-electron chi connectivity index (χ3n) is 7.83. The fourth-order valence-corrected chi connectivity index (χ4v) is 7.27. The summed E-state index contributed by atoms with van der Waals surface area (Å²) in [6.07, 6.45) is 6.60. The molecule has 0 bridgehead atoms. The van der Waals surface area contributed by atoms with Crippen LogP contribution in [0.3, 0.4) is 0 Å². The first-order chi connectivity index (χ1) is 20.2. The highest BCUT2D eigenvalue weighted by Gasteiger charge is 2.30. The lowest BCUT2D eigenvalue weighted by Gasteiger charge is -2.38. The summed E-state index contributed by atoms with van der Waals surface area (Å²) in [5.74, 6) is 6.40. The van der Waals surface area contributed by atoms with Crippen LogP contribution in [0, 0.1) is 0 Å². The van der Waals surface area contributed by atoms with Crippen molar-refractivity contribution in [3.63, 3.8) is 0 Å². The third-order valence-corrected chi connectivity index (χ3v) is 10.7. The number of rotatable bonds is 10. The number of nitrogens with zero attached hydrogens (tertiary/aromatic N) is 5. The number of aromatic nitrogens is 2. The Hall–Kier alpha value is -3.64. The van der Waals surface area contributed by atoms with Gasteiger partial charge in [-0.3, -0.25) is 4.79 Å². The standard InChI is InChI=1S/C31H39N7O2SSi/c1-33-30(39)10-11-35-20-36(19-27-26(35)9-12-37(27)32)24-15-23-18-34-38(21-40-13-14-42(2,3)4)31(23)25(17-24)29-16-22-7-5-6-8-28(22)41-29/h5-9,15-19H,10-14,20-21,32H2,1-4H3,(H,33,39). The van der Waals surface area contributed by atoms with Crippen LogP contribution in [0.5, 0.6) is 0 Å². The number of fused-ring (bicyclic) bond motifs is 3. The number of hydrogen-bond acceptors (Lipinski definition) is 8. The van der Waals surface area contributed by atoms with E-state index in [1.165, 1.54) is 15.0 Å². The maximum Gasteiger partial charge on any atom is 0.221 e. The van der Waals surface area contributed by atoms with Gasteiger partial charge in [-0.1, -0.05) is 37.8 Å². The monoisotopic (exact) mass is 601 g/mol. The smallest absolute Gasteiger partial charge is 0.221 e. The molecule has 0 fully saturated rings. The van der Waals surface area contributed by atoms with Crippen molar-refractivity contribution in [1.82, 2.24) is 25.0 Å². The molecule has 0 saturated heterocycles. The molecule has 220 valence electrons. The maximum absolute atomic E-state index is 12.1. The van der Waals surface area contributed by atoms with E-state index in [4.69, 9.17) is 15.7 Å². The molecule has 9 nitrogen and oxygen atoms in total. The third kappa shape index (κ3) is 5.82. The summed E-state index contributed by atoms with van der Waals surface area (Å²) in [6.45, 7) is 10.1. The molecular weight excluding hydrogens is 563 g/mol. The lowest BCUT2D eigenvalue weighted by atomic mass is 10.1. The lowest BCUT2D eigenvalue weighted by molar-refractivity contribution is -0.120. The van der Waals surface area contributed by atoms with E-state index in [2.05, 4.69) is 89.5 Å². The van der Waals surface area contributed by atoms with E-state index in [1.54, 1.807) is 23.4 Å². The van der Waals surface area contributed by atoms with Gasteiger partial charge in [0, 0.05) is 67.1 Å². The van der Waals surface area contributed by atoms with Crippen LogP contribution in [-0.2, 0) is 16.3 Å². The Morgan fingerprint density at radius 2 is 1.98 bits per heavy atom.